The Bertz CT molecular complexity index is 169. The summed E-state index contributed by atoms with van der Waals surface area (Å²) in [4.78, 5) is 24.0. The highest BCUT2D eigenvalue weighted by atomic mass is 17.0. The van der Waals surface area contributed by atoms with Crippen LogP contribution in [-0.2, 0) is 9.63 Å². The van der Waals surface area contributed by atoms with Crippen LogP contribution >= 0.6 is 0 Å². The lowest BCUT2D eigenvalue weighted by Crippen LogP contribution is -2.13. The average molecular weight is 177 g/mol. The van der Waals surface area contributed by atoms with Gasteiger partial charge in [0.05, 0.1) is 0 Å². The molecule has 0 aromatic heterocycles. The topological polar surface area (TPSA) is 89.7 Å². The van der Waals surface area contributed by atoms with Gasteiger partial charge in [-0.3, -0.25) is 4.79 Å². The molecule has 0 aromatic rings. The van der Waals surface area contributed by atoms with Gasteiger partial charge in [0.1, 0.15) is 6.10 Å². The molecule has 0 heterocycles. The summed E-state index contributed by atoms with van der Waals surface area (Å²) in [5.41, 5.74) is 0. The zero-order valence-corrected chi connectivity index (χ0v) is 6.73. The molecule has 0 spiro atoms. The standard InChI is InChI=1S/C6H11NO5/c1-5(12-7(10)11)3-2-4-6(8)9/h5H,2-4H2,1H3,(H,8,9). The predicted octanol–water partition coefficient (Wildman–Crippen LogP) is 0.838. The van der Waals surface area contributed by atoms with Crippen LogP contribution in [0.3, 0.4) is 0 Å². The molecule has 0 amide bonds. The number of rotatable bonds is 6. The maximum atomic E-state index is 10.0. The molecule has 0 radical (unpaired) electrons. The Balaban J connectivity index is 3.37. The monoisotopic (exact) mass is 177 g/mol. The number of hydrogen-bond donors (Lipinski definition) is 1. The Morgan fingerprint density at radius 2 is 2.33 bits per heavy atom. The van der Waals surface area contributed by atoms with Gasteiger partial charge in [0.25, 0.3) is 5.09 Å². The normalized spacial score (nSPS) is 12.1. The van der Waals surface area contributed by atoms with Gasteiger partial charge in [-0.15, -0.1) is 10.1 Å². The quantitative estimate of drug-likeness (QED) is 0.479. The van der Waals surface area contributed by atoms with Gasteiger partial charge in [0, 0.05) is 6.42 Å². The molecule has 6 heteroatoms. The van der Waals surface area contributed by atoms with E-state index in [0.29, 0.717) is 12.8 Å². The van der Waals surface area contributed by atoms with E-state index in [1.54, 1.807) is 0 Å². The fourth-order valence-electron chi connectivity index (χ4n) is 0.740. The van der Waals surface area contributed by atoms with Gasteiger partial charge in [-0.1, -0.05) is 0 Å². The minimum absolute atomic E-state index is 0.0193. The van der Waals surface area contributed by atoms with Crippen molar-refractivity contribution in [2.75, 3.05) is 0 Å². The minimum atomic E-state index is -0.900. The van der Waals surface area contributed by atoms with Crippen molar-refractivity contribution < 1.29 is 19.8 Å². The van der Waals surface area contributed by atoms with Crippen LogP contribution in [0.2, 0.25) is 0 Å². The highest BCUT2D eigenvalue weighted by molar-refractivity contribution is 5.66. The summed E-state index contributed by atoms with van der Waals surface area (Å²) >= 11 is 0. The Kier molecular flexibility index (Phi) is 4.75. The van der Waals surface area contributed by atoms with Crippen LogP contribution in [0.1, 0.15) is 26.2 Å². The zero-order valence-electron chi connectivity index (χ0n) is 6.73. The van der Waals surface area contributed by atoms with Crippen molar-refractivity contribution >= 4 is 5.97 Å². The summed E-state index contributed by atoms with van der Waals surface area (Å²) in [7, 11) is 0. The van der Waals surface area contributed by atoms with Crippen molar-refractivity contribution in [1.82, 2.24) is 0 Å². The summed E-state index contributed by atoms with van der Waals surface area (Å²) < 4.78 is 0. The van der Waals surface area contributed by atoms with Crippen LogP contribution in [0.5, 0.6) is 0 Å². The first-order valence-electron chi connectivity index (χ1n) is 3.55. The molecule has 0 aromatic carbocycles. The van der Waals surface area contributed by atoms with Gasteiger partial charge in [-0.25, -0.2) is 0 Å². The number of carbonyl (C=O) groups is 1. The maximum absolute atomic E-state index is 10.0. The Morgan fingerprint density at radius 1 is 1.75 bits per heavy atom. The fourth-order valence-corrected chi connectivity index (χ4v) is 0.740. The highest BCUT2D eigenvalue weighted by Gasteiger charge is 2.07. The molecular weight excluding hydrogens is 166 g/mol. The summed E-state index contributed by atoms with van der Waals surface area (Å²) in [6.07, 6.45) is 0.266. The molecule has 0 rings (SSSR count). The average Bonchev–Trinajstić information content (AvgIpc) is 1.84. The first kappa shape index (κ1) is 10.7. The Hall–Kier alpha value is -1.33. The van der Waals surface area contributed by atoms with Gasteiger partial charge in [0.2, 0.25) is 0 Å². The van der Waals surface area contributed by atoms with E-state index in [1.807, 2.05) is 0 Å². The first-order chi connectivity index (χ1) is 5.52. The van der Waals surface area contributed by atoms with Crippen molar-refractivity contribution in [3.05, 3.63) is 10.1 Å². The number of carboxylic acids is 1. The molecule has 0 fully saturated rings. The summed E-state index contributed by atoms with van der Waals surface area (Å²) in [6, 6.07) is 0. The van der Waals surface area contributed by atoms with Crippen LogP contribution in [0.25, 0.3) is 0 Å². The van der Waals surface area contributed by atoms with Gasteiger partial charge in [0.15, 0.2) is 0 Å². The largest absolute Gasteiger partial charge is 0.481 e. The second-order valence-electron chi connectivity index (χ2n) is 2.43. The third kappa shape index (κ3) is 6.79. The van der Waals surface area contributed by atoms with Gasteiger partial charge in [-0.05, 0) is 19.8 Å². The van der Waals surface area contributed by atoms with Crippen molar-refractivity contribution in [1.29, 1.82) is 0 Å². The lowest BCUT2D eigenvalue weighted by Gasteiger charge is -2.06. The van der Waals surface area contributed by atoms with E-state index in [-0.39, 0.29) is 6.42 Å². The molecule has 12 heavy (non-hydrogen) atoms. The zero-order chi connectivity index (χ0) is 9.56. The molecule has 70 valence electrons. The molecule has 0 saturated carbocycles. The molecule has 1 N–H and O–H groups in total. The van der Waals surface area contributed by atoms with Crippen molar-refractivity contribution in [2.45, 2.75) is 32.3 Å². The molecular formula is C6H11NO5. The SMILES string of the molecule is CC(CCCC(=O)O)O[N+](=O)[O-]. The van der Waals surface area contributed by atoms with Crippen LogP contribution < -0.4 is 0 Å². The van der Waals surface area contributed by atoms with Crippen molar-refractivity contribution in [3.8, 4) is 0 Å². The fraction of sp³-hybridized carbons (Fsp3) is 0.833. The molecule has 0 aliphatic carbocycles. The van der Waals surface area contributed by atoms with E-state index >= 15 is 0 Å². The first-order valence-corrected chi connectivity index (χ1v) is 3.55. The molecule has 0 aliphatic rings. The second-order valence-corrected chi connectivity index (χ2v) is 2.43. The Labute approximate surface area is 69.2 Å². The van der Waals surface area contributed by atoms with Crippen molar-refractivity contribution in [3.63, 3.8) is 0 Å². The smallest absolute Gasteiger partial charge is 0.303 e. The van der Waals surface area contributed by atoms with Gasteiger partial charge >= 0.3 is 5.97 Å². The van der Waals surface area contributed by atoms with E-state index in [2.05, 4.69) is 4.84 Å². The second kappa shape index (κ2) is 5.34. The lowest BCUT2D eigenvalue weighted by atomic mass is 10.2. The van der Waals surface area contributed by atoms with E-state index in [9.17, 15) is 14.9 Å². The van der Waals surface area contributed by atoms with Crippen LogP contribution in [0, 0.1) is 10.1 Å². The van der Waals surface area contributed by atoms with E-state index < -0.39 is 17.2 Å². The predicted molar refractivity (Wildman–Crippen MR) is 39.0 cm³/mol. The Morgan fingerprint density at radius 3 is 2.75 bits per heavy atom. The van der Waals surface area contributed by atoms with E-state index in [1.165, 1.54) is 6.92 Å². The van der Waals surface area contributed by atoms with Crippen molar-refractivity contribution in [2.24, 2.45) is 0 Å². The van der Waals surface area contributed by atoms with Crippen LogP contribution in [0.4, 0.5) is 0 Å². The minimum Gasteiger partial charge on any atom is -0.481 e. The summed E-state index contributed by atoms with van der Waals surface area (Å²) in [5, 5.41) is 17.1. The number of hydrogen-bond acceptors (Lipinski definition) is 4. The lowest BCUT2D eigenvalue weighted by molar-refractivity contribution is -0.767. The molecule has 0 saturated heterocycles. The third-order valence-electron chi connectivity index (χ3n) is 1.27. The molecule has 0 aliphatic heterocycles. The molecule has 6 nitrogen and oxygen atoms in total. The molecule has 1 atom stereocenters. The highest BCUT2D eigenvalue weighted by Crippen LogP contribution is 2.03. The summed E-state index contributed by atoms with van der Waals surface area (Å²) in [5.74, 6) is -0.900. The van der Waals surface area contributed by atoms with E-state index in [4.69, 9.17) is 5.11 Å². The van der Waals surface area contributed by atoms with E-state index in [0.717, 1.165) is 0 Å². The van der Waals surface area contributed by atoms with Gasteiger partial charge < -0.3 is 9.94 Å². The molecule has 0 bridgehead atoms. The maximum Gasteiger partial charge on any atom is 0.303 e. The van der Waals surface area contributed by atoms with Gasteiger partial charge in [-0.2, -0.15) is 0 Å². The number of aliphatic carboxylic acids is 1. The molecule has 1 unspecified atom stereocenters. The number of carboxylic acid groups (broad SMARTS) is 1. The van der Waals surface area contributed by atoms with Crippen LogP contribution in [0.15, 0.2) is 0 Å². The summed E-state index contributed by atoms with van der Waals surface area (Å²) in [6.45, 7) is 1.53. The third-order valence-corrected chi connectivity index (χ3v) is 1.27. The van der Waals surface area contributed by atoms with Crippen LogP contribution in [-0.4, -0.2) is 22.3 Å². The number of nitrogens with zero attached hydrogens (tertiary/aromatic N) is 1.